The van der Waals surface area contributed by atoms with Crippen LogP contribution >= 0.6 is 0 Å². The quantitative estimate of drug-likeness (QED) is 0.878. The highest BCUT2D eigenvalue weighted by atomic mass is 16.5. The third-order valence-corrected chi connectivity index (χ3v) is 2.98. The Bertz CT molecular complexity index is 523. The molecule has 0 saturated heterocycles. The lowest BCUT2D eigenvalue weighted by molar-refractivity contribution is 0.128. The number of nitrogens with zero attached hydrogens (tertiary/aromatic N) is 1. The first-order chi connectivity index (χ1) is 8.61. The molecule has 1 aromatic heterocycles. The van der Waals surface area contributed by atoms with Crippen molar-refractivity contribution in [1.82, 2.24) is 10.3 Å². The first-order valence-corrected chi connectivity index (χ1v) is 6.17. The van der Waals surface area contributed by atoms with Crippen LogP contribution in [-0.2, 0) is 11.3 Å². The van der Waals surface area contributed by atoms with Crippen molar-refractivity contribution < 1.29 is 4.74 Å². The Kier molecular flexibility index (Phi) is 3.94. The number of methoxy groups -OCH3 is 1. The molecule has 0 spiro atoms. The number of benzene rings is 1. The second kappa shape index (κ2) is 5.46. The molecule has 1 N–H and O–H groups in total. The molecule has 0 fully saturated rings. The fourth-order valence-corrected chi connectivity index (χ4v) is 2.00. The minimum absolute atomic E-state index is 0.0120. The molecule has 3 nitrogen and oxygen atoms in total. The van der Waals surface area contributed by atoms with E-state index >= 15 is 0 Å². The average Bonchev–Trinajstić information content (AvgIpc) is 2.36. The van der Waals surface area contributed by atoms with Crippen molar-refractivity contribution in [2.24, 2.45) is 0 Å². The molecule has 0 bridgehead atoms. The summed E-state index contributed by atoms with van der Waals surface area (Å²) < 4.78 is 5.19. The molecular weight excluding hydrogens is 224 g/mol. The SMILES string of the molecule is COCC(C)(C)NCc1ccc2cnccc2c1. The Morgan fingerprint density at radius 3 is 2.83 bits per heavy atom. The molecule has 0 unspecified atom stereocenters. The van der Waals surface area contributed by atoms with Crippen LogP contribution in [0.1, 0.15) is 19.4 Å². The van der Waals surface area contributed by atoms with Gasteiger partial charge in [0, 0.05) is 37.0 Å². The lowest BCUT2D eigenvalue weighted by Crippen LogP contribution is -2.42. The first-order valence-electron chi connectivity index (χ1n) is 6.17. The Morgan fingerprint density at radius 1 is 1.22 bits per heavy atom. The maximum Gasteiger partial charge on any atom is 0.0639 e. The summed E-state index contributed by atoms with van der Waals surface area (Å²) in [6.07, 6.45) is 3.72. The molecule has 0 atom stereocenters. The van der Waals surface area contributed by atoms with E-state index in [4.69, 9.17) is 4.74 Å². The minimum Gasteiger partial charge on any atom is -0.383 e. The van der Waals surface area contributed by atoms with E-state index in [1.54, 1.807) is 7.11 Å². The van der Waals surface area contributed by atoms with Gasteiger partial charge in [0.25, 0.3) is 0 Å². The van der Waals surface area contributed by atoms with Crippen molar-refractivity contribution in [1.29, 1.82) is 0 Å². The lowest BCUT2D eigenvalue weighted by atomic mass is 10.1. The van der Waals surface area contributed by atoms with Crippen molar-refractivity contribution >= 4 is 10.8 Å². The van der Waals surface area contributed by atoms with Crippen LogP contribution in [0.4, 0.5) is 0 Å². The Morgan fingerprint density at radius 2 is 2.06 bits per heavy atom. The summed E-state index contributed by atoms with van der Waals surface area (Å²) >= 11 is 0. The molecule has 1 aromatic carbocycles. The van der Waals surface area contributed by atoms with Crippen LogP contribution in [0.5, 0.6) is 0 Å². The van der Waals surface area contributed by atoms with Gasteiger partial charge in [-0.3, -0.25) is 4.98 Å². The van der Waals surface area contributed by atoms with Crippen molar-refractivity contribution in [2.45, 2.75) is 25.9 Å². The molecule has 0 aliphatic heterocycles. The number of nitrogens with one attached hydrogen (secondary N) is 1. The fourth-order valence-electron chi connectivity index (χ4n) is 2.00. The fraction of sp³-hybridized carbons (Fsp3) is 0.400. The summed E-state index contributed by atoms with van der Waals surface area (Å²) in [6, 6.07) is 8.49. The van der Waals surface area contributed by atoms with Gasteiger partial charge < -0.3 is 10.1 Å². The van der Waals surface area contributed by atoms with E-state index in [9.17, 15) is 0 Å². The number of rotatable bonds is 5. The van der Waals surface area contributed by atoms with Crippen molar-refractivity contribution in [3.63, 3.8) is 0 Å². The van der Waals surface area contributed by atoms with Gasteiger partial charge in [0.15, 0.2) is 0 Å². The summed E-state index contributed by atoms with van der Waals surface area (Å²) in [5, 5.41) is 5.91. The molecule has 96 valence electrons. The minimum atomic E-state index is -0.0120. The van der Waals surface area contributed by atoms with Gasteiger partial charge in [-0.1, -0.05) is 12.1 Å². The molecule has 18 heavy (non-hydrogen) atoms. The normalized spacial score (nSPS) is 11.9. The number of ether oxygens (including phenoxy) is 1. The molecule has 0 amide bonds. The average molecular weight is 244 g/mol. The molecule has 2 rings (SSSR count). The zero-order valence-electron chi connectivity index (χ0n) is 11.2. The lowest BCUT2D eigenvalue weighted by Gasteiger charge is -2.25. The predicted molar refractivity (Wildman–Crippen MR) is 74.5 cm³/mol. The van der Waals surface area contributed by atoms with E-state index in [0.717, 1.165) is 6.54 Å². The van der Waals surface area contributed by atoms with Crippen molar-refractivity contribution in [2.75, 3.05) is 13.7 Å². The number of fused-ring (bicyclic) bond motifs is 1. The zero-order chi connectivity index (χ0) is 13.0. The Balaban J connectivity index is 2.08. The van der Waals surface area contributed by atoms with E-state index in [2.05, 4.69) is 42.3 Å². The zero-order valence-corrected chi connectivity index (χ0v) is 11.2. The summed E-state index contributed by atoms with van der Waals surface area (Å²) in [4.78, 5) is 4.12. The number of pyridine rings is 1. The summed E-state index contributed by atoms with van der Waals surface area (Å²) in [7, 11) is 1.73. The third-order valence-electron chi connectivity index (χ3n) is 2.98. The molecular formula is C15H20N2O. The maximum atomic E-state index is 5.19. The van der Waals surface area contributed by atoms with Gasteiger partial charge in [0.1, 0.15) is 0 Å². The summed E-state index contributed by atoms with van der Waals surface area (Å²) in [5.74, 6) is 0. The van der Waals surface area contributed by atoms with E-state index in [-0.39, 0.29) is 5.54 Å². The van der Waals surface area contributed by atoms with Gasteiger partial charge in [0.2, 0.25) is 0 Å². The summed E-state index contributed by atoms with van der Waals surface area (Å²) in [6.45, 7) is 5.82. The Hall–Kier alpha value is -1.45. The second-order valence-corrected chi connectivity index (χ2v) is 5.23. The van der Waals surface area contributed by atoms with E-state index in [1.165, 1.54) is 16.3 Å². The topological polar surface area (TPSA) is 34.1 Å². The highest BCUT2D eigenvalue weighted by Crippen LogP contribution is 2.15. The van der Waals surface area contributed by atoms with E-state index < -0.39 is 0 Å². The molecule has 3 heteroatoms. The summed E-state index contributed by atoms with van der Waals surface area (Å²) in [5.41, 5.74) is 1.26. The molecule has 2 aromatic rings. The van der Waals surface area contributed by atoms with Crippen molar-refractivity contribution in [3.8, 4) is 0 Å². The second-order valence-electron chi connectivity index (χ2n) is 5.23. The highest BCUT2D eigenvalue weighted by Gasteiger charge is 2.16. The number of aromatic nitrogens is 1. The smallest absolute Gasteiger partial charge is 0.0639 e. The predicted octanol–water partition coefficient (Wildman–Crippen LogP) is 2.75. The van der Waals surface area contributed by atoms with Crippen LogP contribution in [0.2, 0.25) is 0 Å². The van der Waals surface area contributed by atoms with Gasteiger partial charge >= 0.3 is 0 Å². The van der Waals surface area contributed by atoms with Crippen molar-refractivity contribution in [3.05, 3.63) is 42.2 Å². The van der Waals surface area contributed by atoms with Crippen LogP contribution in [0.25, 0.3) is 10.8 Å². The molecule has 0 aliphatic carbocycles. The van der Waals surface area contributed by atoms with E-state index in [1.807, 2.05) is 18.5 Å². The highest BCUT2D eigenvalue weighted by molar-refractivity contribution is 5.81. The largest absolute Gasteiger partial charge is 0.383 e. The van der Waals surface area contributed by atoms with E-state index in [0.29, 0.717) is 6.61 Å². The van der Waals surface area contributed by atoms with Crippen LogP contribution in [-0.4, -0.2) is 24.2 Å². The Labute approximate surface area is 108 Å². The third kappa shape index (κ3) is 3.28. The van der Waals surface area contributed by atoms with Gasteiger partial charge in [0.05, 0.1) is 6.61 Å². The van der Waals surface area contributed by atoms with Crippen LogP contribution in [0.15, 0.2) is 36.7 Å². The van der Waals surface area contributed by atoms with Crippen LogP contribution < -0.4 is 5.32 Å². The number of hydrogen-bond donors (Lipinski definition) is 1. The monoisotopic (exact) mass is 244 g/mol. The van der Waals surface area contributed by atoms with Gasteiger partial charge in [-0.25, -0.2) is 0 Å². The molecule has 0 aliphatic rings. The molecule has 0 saturated carbocycles. The van der Waals surface area contributed by atoms with Crippen LogP contribution in [0, 0.1) is 0 Å². The number of hydrogen-bond acceptors (Lipinski definition) is 3. The molecule has 1 heterocycles. The van der Waals surface area contributed by atoms with Gasteiger partial charge in [-0.05, 0) is 36.9 Å². The van der Waals surface area contributed by atoms with Crippen LogP contribution in [0.3, 0.4) is 0 Å². The van der Waals surface area contributed by atoms with Gasteiger partial charge in [-0.15, -0.1) is 0 Å². The first kappa shape index (κ1) is 13.0. The molecule has 0 radical (unpaired) electrons. The maximum absolute atomic E-state index is 5.19. The standard InChI is InChI=1S/C15H20N2O/c1-15(2,11-18-3)17-9-12-4-5-14-10-16-7-6-13(14)8-12/h4-8,10,17H,9,11H2,1-3H3. The van der Waals surface area contributed by atoms with Gasteiger partial charge in [-0.2, -0.15) is 0 Å².